The zero-order chi connectivity index (χ0) is 14.7. The highest BCUT2D eigenvalue weighted by Crippen LogP contribution is 2.26. The molecule has 0 radical (unpaired) electrons. The van der Waals surface area contributed by atoms with E-state index in [1.54, 1.807) is 12.1 Å². The lowest BCUT2D eigenvalue weighted by Crippen LogP contribution is -2.36. The summed E-state index contributed by atoms with van der Waals surface area (Å²) in [5.41, 5.74) is 1.18. The Morgan fingerprint density at radius 1 is 1.35 bits per heavy atom. The Hall–Kier alpha value is -1.63. The highest BCUT2D eigenvalue weighted by Gasteiger charge is 2.13. The van der Waals surface area contributed by atoms with E-state index < -0.39 is 12.0 Å². The minimum atomic E-state index is -1.16. The zero-order valence-electron chi connectivity index (χ0n) is 10.5. The van der Waals surface area contributed by atoms with Crippen molar-refractivity contribution in [3.05, 3.63) is 28.4 Å². The Labute approximate surface area is 125 Å². The fourth-order valence-electron chi connectivity index (χ4n) is 1.55. The highest BCUT2D eigenvalue weighted by atomic mass is 35.5. The van der Waals surface area contributed by atoms with Crippen molar-refractivity contribution in [2.24, 2.45) is 0 Å². The third-order valence-corrected chi connectivity index (χ3v) is 3.33. The second-order valence-corrected chi connectivity index (χ2v) is 4.84. The summed E-state index contributed by atoms with van der Waals surface area (Å²) >= 11 is 11.8. The van der Waals surface area contributed by atoms with Gasteiger partial charge in [0.05, 0.1) is 33.8 Å². The lowest BCUT2D eigenvalue weighted by atomic mass is 10.3. The summed E-state index contributed by atoms with van der Waals surface area (Å²) in [6.45, 7) is 0.0290. The molecule has 2 rings (SSSR count). The molecule has 106 valence electrons. The quantitative estimate of drug-likeness (QED) is 0.795. The first-order valence-electron chi connectivity index (χ1n) is 5.76. The number of aromatic nitrogens is 2. The van der Waals surface area contributed by atoms with E-state index in [1.807, 2.05) is 0 Å². The predicted molar refractivity (Wildman–Crippen MR) is 78.1 cm³/mol. The van der Waals surface area contributed by atoms with Gasteiger partial charge < -0.3 is 15.7 Å². The van der Waals surface area contributed by atoms with Gasteiger partial charge >= 0.3 is 0 Å². The third kappa shape index (κ3) is 3.27. The number of likely N-dealkylation sites (N-methyl/N-ethyl adjacent to an activating group) is 1. The molecule has 1 heterocycles. The van der Waals surface area contributed by atoms with Gasteiger partial charge in [-0.2, -0.15) is 0 Å². The Bertz CT molecular complexity index is 651. The number of aliphatic hydroxyl groups is 1. The van der Waals surface area contributed by atoms with Gasteiger partial charge in [0.25, 0.3) is 0 Å². The van der Waals surface area contributed by atoms with E-state index in [2.05, 4.69) is 20.6 Å². The molecule has 1 aromatic heterocycles. The normalized spacial score (nSPS) is 12.2. The molecule has 0 unspecified atom stereocenters. The molecule has 3 N–H and O–H groups in total. The molecule has 20 heavy (non-hydrogen) atoms. The number of rotatable bonds is 4. The van der Waals surface area contributed by atoms with Crippen molar-refractivity contribution in [1.29, 1.82) is 0 Å². The van der Waals surface area contributed by atoms with E-state index in [0.717, 1.165) is 0 Å². The van der Waals surface area contributed by atoms with Crippen LogP contribution >= 0.6 is 23.2 Å². The minimum absolute atomic E-state index is 0.0290. The lowest BCUT2D eigenvalue weighted by molar-refractivity contribution is -0.128. The molecule has 0 aliphatic rings. The summed E-state index contributed by atoms with van der Waals surface area (Å²) in [6.07, 6.45) is 0.328. The van der Waals surface area contributed by atoms with Crippen molar-refractivity contribution in [2.75, 3.05) is 18.9 Å². The van der Waals surface area contributed by atoms with Crippen molar-refractivity contribution in [3.8, 4) is 0 Å². The van der Waals surface area contributed by atoms with Gasteiger partial charge in [0, 0.05) is 7.05 Å². The van der Waals surface area contributed by atoms with Gasteiger partial charge in [-0.05, 0) is 12.1 Å². The molecule has 0 bridgehead atoms. The molecule has 0 aliphatic heterocycles. The second-order valence-electron chi connectivity index (χ2n) is 4.02. The van der Waals surface area contributed by atoms with E-state index >= 15 is 0 Å². The summed E-state index contributed by atoms with van der Waals surface area (Å²) in [6, 6.07) is 3.22. The van der Waals surface area contributed by atoms with E-state index in [1.165, 1.54) is 13.2 Å². The van der Waals surface area contributed by atoms with Crippen LogP contribution < -0.4 is 10.6 Å². The first kappa shape index (κ1) is 14.8. The smallest absolute Gasteiger partial charge is 0.250 e. The van der Waals surface area contributed by atoms with Gasteiger partial charge in [-0.3, -0.25) is 9.78 Å². The summed E-state index contributed by atoms with van der Waals surface area (Å²) in [7, 11) is 1.45. The second kappa shape index (κ2) is 6.21. The maximum absolute atomic E-state index is 11.2. The van der Waals surface area contributed by atoms with Crippen LogP contribution in [0, 0.1) is 0 Å². The Morgan fingerprint density at radius 2 is 2.00 bits per heavy atom. The highest BCUT2D eigenvalue weighted by molar-refractivity contribution is 6.42. The molecule has 8 heteroatoms. The number of nitrogens with one attached hydrogen (secondary N) is 2. The number of hydrogen-bond donors (Lipinski definition) is 3. The van der Waals surface area contributed by atoms with Gasteiger partial charge in [-0.15, -0.1) is 0 Å². The first-order chi connectivity index (χ1) is 9.51. The van der Waals surface area contributed by atoms with Gasteiger partial charge in [-0.1, -0.05) is 23.2 Å². The van der Waals surface area contributed by atoms with Crippen LogP contribution in [-0.2, 0) is 4.79 Å². The largest absolute Gasteiger partial charge is 0.381 e. The van der Waals surface area contributed by atoms with Crippen LogP contribution in [0.25, 0.3) is 11.0 Å². The standard InChI is InChI=1S/C12H12Cl2N4O2/c1-15-12(20)10(19)4-17-11-5-16-8-2-6(13)7(14)3-9(8)18-11/h2-3,5,10,19H,4H2,1H3,(H,15,20)(H,17,18)/t10-/m0/s1. The number of amides is 1. The molecule has 0 spiro atoms. The number of aliphatic hydroxyl groups excluding tert-OH is 1. The molecular formula is C12H12Cl2N4O2. The molecule has 6 nitrogen and oxygen atoms in total. The summed E-state index contributed by atoms with van der Waals surface area (Å²) in [4.78, 5) is 19.6. The van der Waals surface area contributed by atoms with Gasteiger partial charge in [-0.25, -0.2) is 4.98 Å². The average molecular weight is 315 g/mol. The van der Waals surface area contributed by atoms with Crippen LogP contribution in [0.5, 0.6) is 0 Å². The van der Waals surface area contributed by atoms with Crippen molar-refractivity contribution >= 4 is 46.0 Å². The summed E-state index contributed by atoms with van der Waals surface area (Å²) < 4.78 is 0. The topological polar surface area (TPSA) is 87.1 Å². The Morgan fingerprint density at radius 3 is 2.65 bits per heavy atom. The maximum Gasteiger partial charge on any atom is 0.250 e. The molecule has 0 saturated carbocycles. The minimum Gasteiger partial charge on any atom is -0.381 e. The van der Waals surface area contributed by atoms with Crippen LogP contribution in [0.4, 0.5) is 5.82 Å². The third-order valence-electron chi connectivity index (χ3n) is 2.61. The molecule has 0 aliphatic carbocycles. The van der Waals surface area contributed by atoms with Crippen molar-refractivity contribution in [2.45, 2.75) is 6.10 Å². The molecule has 0 fully saturated rings. The van der Waals surface area contributed by atoms with Crippen LogP contribution in [0.2, 0.25) is 10.0 Å². The molecular weight excluding hydrogens is 303 g/mol. The van der Waals surface area contributed by atoms with E-state index in [4.69, 9.17) is 23.2 Å². The van der Waals surface area contributed by atoms with Gasteiger partial charge in [0.15, 0.2) is 0 Å². The van der Waals surface area contributed by atoms with Crippen molar-refractivity contribution < 1.29 is 9.90 Å². The molecule has 1 aromatic carbocycles. The van der Waals surface area contributed by atoms with Crippen LogP contribution in [0.3, 0.4) is 0 Å². The fraction of sp³-hybridized carbons (Fsp3) is 0.250. The molecule has 2 aromatic rings. The first-order valence-corrected chi connectivity index (χ1v) is 6.52. The van der Waals surface area contributed by atoms with Gasteiger partial charge in [0.1, 0.15) is 11.9 Å². The summed E-state index contributed by atoms with van der Waals surface area (Å²) in [5, 5.41) is 15.5. The number of halogens is 2. The SMILES string of the molecule is CNC(=O)[C@@H](O)CNc1cnc2cc(Cl)c(Cl)cc2n1. The Balaban J connectivity index is 2.16. The van der Waals surface area contributed by atoms with Crippen LogP contribution in [-0.4, -0.2) is 40.7 Å². The van der Waals surface area contributed by atoms with Crippen molar-refractivity contribution in [1.82, 2.24) is 15.3 Å². The fourth-order valence-corrected chi connectivity index (χ4v) is 1.87. The van der Waals surface area contributed by atoms with Gasteiger partial charge in [0.2, 0.25) is 5.91 Å². The summed E-state index contributed by atoms with van der Waals surface area (Å²) in [5.74, 6) is -0.0417. The molecule has 1 atom stereocenters. The van der Waals surface area contributed by atoms with E-state index in [0.29, 0.717) is 26.9 Å². The zero-order valence-corrected chi connectivity index (χ0v) is 12.0. The average Bonchev–Trinajstić information content (AvgIpc) is 2.45. The van der Waals surface area contributed by atoms with Crippen LogP contribution in [0.15, 0.2) is 18.3 Å². The molecule has 1 amide bonds. The predicted octanol–water partition coefficient (Wildman–Crippen LogP) is 1.46. The molecule has 0 saturated heterocycles. The number of carbonyl (C=O) groups excluding carboxylic acids is 1. The maximum atomic E-state index is 11.2. The number of fused-ring (bicyclic) bond motifs is 1. The lowest BCUT2D eigenvalue weighted by Gasteiger charge is -2.11. The van der Waals surface area contributed by atoms with E-state index in [9.17, 15) is 9.90 Å². The number of anilines is 1. The van der Waals surface area contributed by atoms with E-state index in [-0.39, 0.29) is 6.54 Å². The van der Waals surface area contributed by atoms with Crippen LogP contribution in [0.1, 0.15) is 0 Å². The number of hydrogen-bond acceptors (Lipinski definition) is 5. The number of nitrogens with zero attached hydrogens (tertiary/aromatic N) is 2. The monoisotopic (exact) mass is 314 g/mol. The van der Waals surface area contributed by atoms with Crippen molar-refractivity contribution in [3.63, 3.8) is 0 Å². The Kier molecular flexibility index (Phi) is 4.59. The number of benzene rings is 1. The number of carbonyl (C=O) groups is 1.